The van der Waals surface area contributed by atoms with Gasteiger partial charge in [0.1, 0.15) is 4.75 Å². The summed E-state index contributed by atoms with van der Waals surface area (Å²) in [4.78, 5) is 11.3. The van der Waals surface area contributed by atoms with Gasteiger partial charge in [-0.2, -0.15) is 8.42 Å². The molecule has 0 aromatic carbocycles. The van der Waals surface area contributed by atoms with E-state index in [0.717, 1.165) is 0 Å². The first-order valence-corrected chi connectivity index (χ1v) is 8.23. The lowest BCUT2D eigenvalue weighted by Crippen LogP contribution is -2.44. The third-order valence-corrected chi connectivity index (χ3v) is 5.05. The summed E-state index contributed by atoms with van der Waals surface area (Å²) in [6.45, 7) is 5.74. The van der Waals surface area contributed by atoms with Crippen molar-refractivity contribution in [3.63, 3.8) is 0 Å². The van der Waals surface area contributed by atoms with Crippen LogP contribution in [0.4, 0.5) is 0 Å². The van der Waals surface area contributed by atoms with E-state index in [0.29, 0.717) is 13.1 Å². The number of carbonyl (C=O) groups excluding carboxylic acids is 1. The van der Waals surface area contributed by atoms with Crippen molar-refractivity contribution in [2.45, 2.75) is 30.9 Å². The molecule has 124 valence electrons. The van der Waals surface area contributed by atoms with Crippen LogP contribution in [0.25, 0.3) is 0 Å². The summed E-state index contributed by atoms with van der Waals surface area (Å²) in [6, 6.07) is 0. The first kappa shape index (κ1) is 20.0. The molecule has 0 atom stereocenters. The summed E-state index contributed by atoms with van der Waals surface area (Å²) in [5.74, 6) is -0.568. The normalized spacial score (nSPS) is 12.2. The lowest BCUT2D eigenvalue weighted by atomic mass is 9.96. The van der Waals surface area contributed by atoms with Crippen molar-refractivity contribution >= 4 is 16.1 Å². The molecular formula is C13H26N2O5S. The lowest BCUT2D eigenvalue weighted by molar-refractivity contribution is -0.139. The quantitative estimate of drug-likeness (QED) is 0.286. The van der Waals surface area contributed by atoms with Gasteiger partial charge in [0.2, 0.25) is 0 Å². The van der Waals surface area contributed by atoms with Crippen LogP contribution >= 0.6 is 0 Å². The van der Waals surface area contributed by atoms with Crippen molar-refractivity contribution in [2.75, 3.05) is 33.8 Å². The maximum Gasteiger partial charge on any atom is 0.333 e. The molecule has 21 heavy (non-hydrogen) atoms. The standard InChI is InChI=1S/C13H26N2O5S/c1-11(2)12(16)20-10-7-13(5-8-14-3,6-9-15-4)21(17,18)19/h14-15H,1,5-10H2,2-4H3,(H,17,18,19). The second-order valence-corrected chi connectivity index (χ2v) is 6.85. The van der Waals surface area contributed by atoms with Crippen molar-refractivity contribution in [1.82, 2.24) is 10.6 Å². The van der Waals surface area contributed by atoms with Crippen LogP contribution in [-0.4, -0.2) is 57.5 Å². The average molecular weight is 322 g/mol. The van der Waals surface area contributed by atoms with Crippen molar-refractivity contribution in [1.29, 1.82) is 0 Å². The number of nitrogens with one attached hydrogen (secondary N) is 2. The number of ether oxygens (including phenoxy) is 1. The Morgan fingerprint density at radius 1 is 1.19 bits per heavy atom. The molecule has 0 saturated carbocycles. The van der Waals surface area contributed by atoms with Crippen LogP contribution in [0.5, 0.6) is 0 Å². The molecule has 8 heteroatoms. The third-order valence-electron chi connectivity index (χ3n) is 3.35. The fourth-order valence-electron chi connectivity index (χ4n) is 1.92. The molecular weight excluding hydrogens is 296 g/mol. The van der Waals surface area contributed by atoms with Gasteiger partial charge in [-0.3, -0.25) is 4.55 Å². The van der Waals surface area contributed by atoms with E-state index in [2.05, 4.69) is 17.2 Å². The fraction of sp³-hybridized carbons (Fsp3) is 0.769. The number of hydrogen-bond donors (Lipinski definition) is 3. The zero-order valence-electron chi connectivity index (χ0n) is 12.9. The highest BCUT2D eigenvalue weighted by atomic mass is 32.2. The van der Waals surface area contributed by atoms with Crippen molar-refractivity contribution in [3.05, 3.63) is 12.2 Å². The van der Waals surface area contributed by atoms with Gasteiger partial charge < -0.3 is 15.4 Å². The van der Waals surface area contributed by atoms with Crippen LogP contribution in [0.3, 0.4) is 0 Å². The maximum absolute atomic E-state index is 11.8. The van der Waals surface area contributed by atoms with Gasteiger partial charge in [0.05, 0.1) is 6.61 Å². The molecule has 0 aromatic heterocycles. The van der Waals surface area contributed by atoms with Crippen molar-refractivity contribution < 1.29 is 22.5 Å². The van der Waals surface area contributed by atoms with E-state index in [-0.39, 0.29) is 31.4 Å². The molecule has 0 aromatic rings. The van der Waals surface area contributed by atoms with Crippen molar-refractivity contribution in [3.8, 4) is 0 Å². The smallest absolute Gasteiger partial charge is 0.333 e. The Hall–Kier alpha value is -0.960. The Kier molecular flexibility index (Phi) is 8.72. The molecule has 0 spiro atoms. The number of rotatable bonds is 11. The molecule has 3 N–H and O–H groups in total. The SMILES string of the molecule is C=C(C)C(=O)OCCC(CCNC)(CCNC)S(=O)(=O)O. The molecule has 0 unspecified atom stereocenters. The molecule has 0 amide bonds. The van der Waals surface area contributed by atoms with Crippen LogP contribution in [0.15, 0.2) is 12.2 Å². The number of carbonyl (C=O) groups is 1. The zero-order valence-corrected chi connectivity index (χ0v) is 13.8. The zero-order chi connectivity index (χ0) is 16.5. The second kappa shape index (κ2) is 9.14. The van der Waals surface area contributed by atoms with E-state index in [4.69, 9.17) is 4.74 Å². The van der Waals surface area contributed by atoms with Gasteiger partial charge in [0.15, 0.2) is 0 Å². The summed E-state index contributed by atoms with van der Waals surface area (Å²) in [5.41, 5.74) is 0.248. The van der Waals surface area contributed by atoms with Crippen LogP contribution in [0, 0.1) is 0 Å². The maximum atomic E-state index is 11.8. The second-order valence-electron chi connectivity index (χ2n) is 5.03. The molecule has 0 rings (SSSR count). The summed E-state index contributed by atoms with van der Waals surface area (Å²) in [5, 5.41) is 5.74. The van der Waals surface area contributed by atoms with Gasteiger partial charge in [-0.25, -0.2) is 4.79 Å². The molecule has 0 heterocycles. The highest BCUT2D eigenvalue weighted by Crippen LogP contribution is 2.29. The van der Waals surface area contributed by atoms with Gasteiger partial charge in [-0.05, 0) is 47.0 Å². The fourth-order valence-corrected chi connectivity index (χ4v) is 2.98. The summed E-state index contributed by atoms with van der Waals surface area (Å²) in [7, 11) is -0.878. The van der Waals surface area contributed by atoms with Crippen molar-refractivity contribution in [2.24, 2.45) is 0 Å². The predicted octanol–water partition coefficient (Wildman–Crippen LogP) is 0.341. The average Bonchev–Trinajstić information content (AvgIpc) is 2.39. The van der Waals surface area contributed by atoms with E-state index in [1.54, 1.807) is 14.1 Å². The largest absolute Gasteiger partial charge is 0.462 e. The Labute approximate surface area is 126 Å². The molecule has 0 bridgehead atoms. The van der Waals surface area contributed by atoms with E-state index >= 15 is 0 Å². The molecule has 0 saturated heterocycles. The highest BCUT2D eigenvalue weighted by Gasteiger charge is 2.41. The molecule has 0 radical (unpaired) electrons. The summed E-state index contributed by atoms with van der Waals surface area (Å²) >= 11 is 0. The van der Waals surface area contributed by atoms with Crippen LogP contribution in [-0.2, 0) is 19.6 Å². The van der Waals surface area contributed by atoms with Gasteiger partial charge in [-0.1, -0.05) is 6.58 Å². The number of esters is 1. The predicted molar refractivity (Wildman–Crippen MR) is 81.8 cm³/mol. The molecule has 0 fully saturated rings. The summed E-state index contributed by atoms with van der Waals surface area (Å²) in [6.07, 6.45) is 0.498. The molecule has 7 nitrogen and oxygen atoms in total. The minimum atomic E-state index is -4.28. The first-order chi connectivity index (χ1) is 9.70. The van der Waals surface area contributed by atoms with E-state index in [1.807, 2.05) is 0 Å². The van der Waals surface area contributed by atoms with E-state index in [1.165, 1.54) is 6.92 Å². The third kappa shape index (κ3) is 6.56. The minimum Gasteiger partial charge on any atom is -0.462 e. The molecule has 0 aliphatic rings. The van der Waals surface area contributed by atoms with Crippen LogP contribution in [0.2, 0.25) is 0 Å². The van der Waals surface area contributed by atoms with Crippen LogP contribution < -0.4 is 10.6 Å². The summed E-state index contributed by atoms with van der Waals surface area (Å²) < 4.78 is 36.9. The Morgan fingerprint density at radius 2 is 1.67 bits per heavy atom. The van der Waals surface area contributed by atoms with Gasteiger partial charge in [-0.15, -0.1) is 0 Å². The lowest BCUT2D eigenvalue weighted by Gasteiger charge is -2.30. The van der Waals surface area contributed by atoms with Crippen LogP contribution in [0.1, 0.15) is 26.2 Å². The van der Waals surface area contributed by atoms with Gasteiger partial charge in [0.25, 0.3) is 10.1 Å². The number of hydrogen-bond acceptors (Lipinski definition) is 6. The monoisotopic (exact) mass is 322 g/mol. The Bertz CT molecular complexity index is 439. The van der Waals surface area contributed by atoms with Gasteiger partial charge >= 0.3 is 5.97 Å². The first-order valence-electron chi connectivity index (χ1n) is 6.79. The highest BCUT2D eigenvalue weighted by molar-refractivity contribution is 7.87. The minimum absolute atomic E-state index is 0.0359. The topological polar surface area (TPSA) is 105 Å². The Balaban J connectivity index is 4.98. The van der Waals surface area contributed by atoms with Gasteiger partial charge in [0, 0.05) is 12.0 Å². The Morgan fingerprint density at radius 3 is 2.00 bits per heavy atom. The van der Waals surface area contributed by atoms with E-state index in [9.17, 15) is 17.8 Å². The molecule has 0 aliphatic carbocycles. The van der Waals surface area contributed by atoms with E-state index < -0.39 is 20.8 Å². The molecule has 0 aliphatic heterocycles.